The third-order valence-corrected chi connectivity index (χ3v) is 2.10. The molecular weight excluding hydrogens is 247 g/mol. The smallest absolute Gasteiger partial charge is 0.242 e. The van der Waals surface area contributed by atoms with Crippen LogP contribution in [0.2, 0.25) is 0 Å². The van der Waals surface area contributed by atoms with Gasteiger partial charge in [-0.3, -0.25) is 9.59 Å². The number of amides is 2. The van der Waals surface area contributed by atoms with Crippen LogP contribution in [-0.2, 0) is 9.59 Å². The number of halogens is 2. The van der Waals surface area contributed by atoms with Crippen LogP contribution in [0.3, 0.4) is 0 Å². The average molecular weight is 259 g/mol. The van der Waals surface area contributed by atoms with E-state index < -0.39 is 23.0 Å². The molecule has 0 bridgehead atoms. The van der Waals surface area contributed by atoms with Gasteiger partial charge in [-0.1, -0.05) is 0 Å². The topological polar surface area (TPSA) is 58.2 Å². The molecule has 6 heteroatoms. The predicted octanol–water partition coefficient (Wildman–Crippen LogP) is 2.35. The minimum atomic E-state index is -0.690. The minimum absolute atomic E-state index is 0.0116. The third-order valence-electron chi connectivity index (χ3n) is 1.91. The molecule has 1 rings (SSSR count). The molecule has 0 radical (unpaired) electrons. The molecule has 0 saturated heterocycles. The second-order valence-corrected chi connectivity index (χ2v) is 4.14. The van der Waals surface area contributed by atoms with Gasteiger partial charge in [-0.05, 0) is 25.1 Å². The van der Waals surface area contributed by atoms with E-state index >= 15 is 0 Å². The monoisotopic (exact) mass is 258 g/mol. The van der Waals surface area contributed by atoms with Crippen molar-refractivity contribution in [1.82, 2.24) is 0 Å². The number of carbonyl (C=O) groups is 2. The predicted molar refractivity (Wildman–Crippen MR) is 64.6 cm³/mol. The van der Waals surface area contributed by atoms with Crippen LogP contribution in [0.25, 0.3) is 0 Å². The first-order valence-corrected chi connectivity index (χ1v) is 5.36. The summed E-state index contributed by atoms with van der Waals surface area (Å²) in [7, 11) is 0. The molecule has 0 aromatic heterocycles. The number of alkyl halides is 1. The van der Waals surface area contributed by atoms with Gasteiger partial charge in [-0.25, -0.2) is 4.39 Å². The summed E-state index contributed by atoms with van der Waals surface area (Å²) in [4.78, 5) is 22.1. The number of benzene rings is 1. The Bertz CT molecular complexity index is 449. The van der Waals surface area contributed by atoms with E-state index in [1.165, 1.54) is 26.0 Å². The zero-order valence-corrected chi connectivity index (χ0v) is 10.1. The van der Waals surface area contributed by atoms with Crippen LogP contribution in [0.1, 0.15) is 13.8 Å². The maximum absolute atomic E-state index is 13.3. The molecule has 0 heterocycles. The highest BCUT2D eigenvalue weighted by Crippen LogP contribution is 2.20. The van der Waals surface area contributed by atoms with Gasteiger partial charge in [0.15, 0.2) is 0 Å². The van der Waals surface area contributed by atoms with Crippen molar-refractivity contribution < 1.29 is 14.0 Å². The summed E-state index contributed by atoms with van der Waals surface area (Å²) in [6, 6.07) is 3.87. The molecule has 1 aromatic carbocycles. The molecule has 0 aliphatic rings. The minimum Gasteiger partial charge on any atom is -0.325 e. The fourth-order valence-electron chi connectivity index (χ4n) is 1.13. The summed E-state index contributed by atoms with van der Waals surface area (Å²) in [6.45, 7) is 2.79. The van der Waals surface area contributed by atoms with Gasteiger partial charge in [0.05, 0.1) is 5.69 Å². The highest BCUT2D eigenvalue weighted by molar-refractivity contribution is 6.32. The van der Waals surface area contributed by atoms with Gasteiger partial charge in [0, 0.05) is 12.6 Å². The lowest BCUT2D eigenvalue weighted by Crippen LogP contribution is -2.20. The zero-order valence-electron chi connectivity index (χ0n) is 9.38. The molecule has 1 aromatic rings. The fraction of sp³-hybridized carbons (Fsp3) is 0.273. The molecule has 2 N–H and O–H groups in total. The first kappa shape index (κ1) is 13.4. The number of hydrogen-bond acceptors (Lipinski definition) is 2. The Hall–Kier alpha value is -1.62. The van der Waals surface area contributed by atoms with Gasteiger partial charge >= 0.3 is 0 Å². The van der Waals surface area contributed by atoms with E-state index in [0.717, 1.165) is 6.07 Å². The molecule has 1 unspecified atom stereocenters. The SMILES string of the molecule is CC(=O)Nc1cc(NC(=O)C(C)Cl)ccc1F. The van der Waals surface area contributed by atoms with Crippen molar-refractivity contribution in [3.63, 3.8) is 0 Å². The van der Waals surface area contributed by atoms with Gasteiger partial charge < -0.3 is 10.6 Å². The Morgan fingerprint density at radius 3 is 2.53 bits per heavy atom. The summed E-state index contributed by atoms with van der Waals surface area (Å²) in [5, 5.41) is 4.12. The van der Waals surface area contributed by atoms with Crippen LogP contribution in [0, 0.1) is 5.82 Å². The molecule has 1 atom stereocenters. The first-order valence-electron chi connectivity index (χ1n) is 4.92. The van der Waals surface area contributed by atoms with Crippen molar-refractivity contribution in [3.8, 4) is 0 Å². The van der Waals surface area contributed by atoms with Crippen molar-refractivity contribution in [1.29, 1.82) is 0 Å². The lowest BCUT2D eigenvalue weighted by atomic mass is 10.2. The van der Waals surface area contributed by atoms with Crippen LogP contribution in [0.5, 0.6) is 0 Å². The second-order valence-electron chi connectivity index (χ2n) is 3.48. The van der Waals surface area contributed by atoms with E-state index in [9.17, 15) is 14.0 Å². The third kappa shape index (κ3) is 4.03. The molecule has 0 aliphatic heterocycles. The Kier molecular flexibility index (Phi) is 4.45. The lowest BCUT2D eigenvalue weighted by Gasteiger charge is -2.09. The van der Waals surface area contributed by atoms with E-state index in [-0.39, 0.29) is 5.69 Å². The van der Waals surface area contributed by atoms with Crippen molar-refractivity contribution >= 4 is 34.8 Å². The second kappa shape index (κ2) is 5.63. The summed E-state index contributed by atoms with van der Waals surface area (Å²) < 4.78 is 13.3. The first-order chi connectivity index (χ1) is 7.90. The van der Waals surface area contributed by atoms with E-state index in [4.69, 9.17) is 11.6 Å². The van der Waals surface area contributed by atoms with Gasteiger partial charge in [0.25, 0.3) is 0 Å². The normalized spacial score (nSPS) is 11.8. The van der Waals surface area contributed by atoms with Crippen molar-refractivity contribution in [2.45, 2.75) is 19.2 Å². The highest BCUT2D eigenvalue weighted by atomic mass is 35.5. The van der Waals surface area contributed by atoms with E-state index in [1.807, 2.05) is 0 Å². The van der Waals surface area contributed by atoms with Crippen molar-refractivity contribution in [2.24, 2.45) is 0 Å². The molecular formula is C11H12ClFN2O2. The maximum Gasteiger partial charge on any atom is 0.242 e. The van der Waals surface area contributed by atoms with Crippen LogP contribution < -0.4 is 10.6 Å². The molecule has 0 fully saturated rings. The highest BCUT2D eigenvalue weighted by Gasteiger charge is 2.11. The number of nitrogens with one attached hydrogen (secondary N) is 2. The molecule has 0 saturated carbocycles. The zero-order chi connectivity index (χ0) is 13.0. The van der Waals surface area contributed by atoms with Crippen molar-refractivity contribution in [3.05, 3.63) is 24.0 Å². The molecule has 0 aliphatic carbocycles. The van der Waals surface area contributed by atoms with Crippen LogP contribution in [0.15, 0.2) is 18.2 Å². The van der Waals surface area contributed by atoms with Crippen molar-refractivity contribution in [2.75, 3.05) is 10.6 Å². The molecule has 17 heavy (non-hydrogen) atoms. The molecule has 4 nitrogen and oxygen atoms in total. The number of rotatable bonds is 3. The van der Waals surface area contributed by atoms with E-state index in [0.29, 0.717) is 5.69 Å². The van der Waals surface area contributed by atoms with E-state index in [1.54, 1.807) is 0 Å². The molecule has 0 spiro atoms. The standard InChI is InChI=1S/C11H12ClFN2O2/c1-6(12)11(17)15-8-3-4-9(13)10(5-8)14-7(2)16/h3-6H,1-2H3,(H,14,16)(H,15,17). The summed E-state index contributed by atoms with van der Waals surface area (Å²) in [5.41, 5.74) is 0.380. The van der Waals surface area contributed by atoms with Crippen LogP contribution in [-0.4, -0.2) is 17.2 Å². The Labute approximate surface area is 103 Å². The fourth-order valence-corrected chi connectivity index (χ4v) is 1.18. The van der Waals surface area contributed by atoms with Gasteiger partial charge in [-0.15, -0.1) is 11.6 Å². The van der Waals surface area contributed by atoms with Gasteiger partial charge in [-0.2, -0.15) is 0 Å². The van der Waals surface area contributed by atoms with E-state index in [2.05, 4.69) is 10.6 Å². The lowest BCUT2D eigenvalue weighted by molar-refractivity contribution is -0.115. The Morgan fingerprint density at radius 1 is 1.35 bits per heavy atom. The summed E-state index contributed by atoms with van der Waals surface area (Å²) in [5.74, 6) is -1.36. The average Bonchev–Trinajstić information content (AvgIpc) is 2.22. The quantitative estimate of drug-likeness (QED) is 0.818. The number of hydrogen-bond donors (Lipinski definition) is 2. The maximum atomic E-state index is 13.3. The van der Waals surface area contributed by atoms with Crippen LogP contribution >= 0.6 is 11.6 Å². The molecule has 92 valence electrons. The Morgan fingerprint density at radius 2 is 2.00 bits per heavy atom. The van der Waals surface area contributed by atoms with Crippen LogP contribution in [0.4, 0.5) is 15.8 Å². The summed E-state index contributed by atoms with van der Waals surface area (Å²) in [6.07, 6.45) is 0. The number of carbonyl (C=O) groups excluding carboxylic acids is 2. The largest absolute Gasteiger partial charge is 0.325 e. The molecule has 2 amide bonds. The number of anilines is 2. The summed E-state index contributed by atoms with van der Waals surface area (Å²) >= 11 is 5.58. The van der Waals surface area contributed by atoms with Gasteiger partial charge in [0.1, 0.15) is 11.2 Å². The Balaban J connectivity index is 2.88. The van der Waals surface area contributed by atoms with Gasteiger partial charge in [0.2, 0.25) is 11.8 Å².